The van der Waals surface area contributed by atoms with Crippen molar-refractivity contribution in [1.82, 2.24) is 4.90 Å². The van der Waals surface area contributed by atoms with E-state index in [1.54, 1.807) is 0 Å². The molecule has 0 aromatic heterocycles. The van der Waals surface area contributed by atoms with Gasteiger partial charge in [-0.05, 0) is 33.4 Å². The predicted octanol–water partition coefficient (Wildman–Crippen LogP) is 3.26. The molecule has 0 fully saturated rings. The molecule has 0 bridgehead atoms. The largest absolute Gasteiger partial charge is 0.298 e. The van der Waals surface area contributed by atoms with Gasteiger partial charge in [-0.1, -0.05) is 33.6 Å². The smallest absolute Gasteiger partial charge is 0.153 e. The molecule has 0 aromatic rings. The molecular formula is C13H27NO. The first kappa shape index (κ1) is 14.6. The van der Waals surface area contributed by atoms with Gasteiger partial charge in [0.15, 0.2) is 5.78 Å². The van der Waals surface area contributed by atoms with E-state index in [4.69, 9.17) is 0 Å². The fourth-order valence-electron chi connectivity index (χ4n) is 2.29. The van der Waals surface area contributed by atoms with Crippen molar-refractivity contribution in [3.8, 4) is 0 Å². The lowest BCUT2D eigenvalue weighted by Gasteiger charge is -2.37. The molecule has 0 saturated heterocycles. The molecule has 0 radical (unpaired) electrons. The summed E-state index contributed by atoms with van der Waals surface area (Å²) in [7, 11) is 4.04. The van der Waals surface area contributed by atoms with Crippen LogP contribution in [0.15, 0.2) is 0 Å². The van der Waals surface area contributed by atoms with Crippen LogP contribution in [0.5, 0.6) is 0 Å². The lowest BCUT2D eigenvalue weighted by atomic mass is 9.84. The van der Waals surface area contributed by atoms with Crippen LogP contribution in [0.1, 0.15) is 59.3 Å². The third-order valence-corrected chi connectivity index (χ3v) is 3.55. The molecule has 0 heterocycles. The summed E-state index contributed by atoms with van der Waals surface area (Å²) in [5, 5.41) is 0. The van der Waals surface area contributed by atoms with Crippen LogP contribution >= 0.6 is 0 Å². The molecule has 2 heteroatoms. The minimum Gasteiger partial charge on any atom is -0.298 e. The number of hydrogen-bond donors (Lipinski definition) is 0. The van der Waals surface area contributed by atoms with Crippen molar-refractivity contribution >= 4 is 5.78 Å². The lowest BCUT2D eigenvalue weighted by molar-refractivity contribution is -0.130. The van der Waals surface area contributed by atoms with Crippen LogP contribution in [0, 0.1) is 0 Å². The van der Waals surface area contributed by atoms with Gasteiger partial charge in [-0.3, -0.25) is 9.69 Å². The Morgan fingerprint density at radius 1 is 1.07 bits per heavy atom. The molecular weight excluding hydrogens is 186 g/mol. The van der Waals surface area contributed by atoms with Gasteiger partial charge in [0.2, 0.25) is 0 Å². The second-order valence-corrected chi connectivity index (χ2v) is 4.51. The lowest BCUT2D eigenvalue weighted by Crippen LogP contribution is -2.50. The van der Waals surface area contributed by atoms with Gasteiger partial charge in [0, 0.05) is 6.42 Å². The Bertz CT molecular complexity index is 183. The van der Waals surface area contributed by atoms with Crippen LogP contribution in [0.25, 0.3) is 0 Å². The van der Waals surface area contributed by atoms with Gasteiger partial charge in [-0.15, -0.1) is 0 Å². The maximum Gasteiger partial charge on any atom is 0.153 e. The van der Waals surface area contributed by atoms with E-state index in [-0.39, 0.29) is 5.54 Å². The zero-order chi connectivity index (χ0) is 11.9. The minimum absolute atomic E-state index is 0.215. The summed E-state index contributed by atoms with van der Waals surface area (Å²) in [6, 6.07) is 0. The maximum atomic E-state index is 12.2. The van der Waals surface area contributed by atoms with E-state index < -0.39 is 0 Å². The first-order valence-corrected chi connectivity index (χ1v) is 6.25. The zero-order valence-electron chi connectivity index (χ0n) is 11.1. The van der Waals surface area contributed by atoms with Crippen LogP contribution in [0.2, 0.25) is 0 Å². The van der Waals surface area contributed by atoms with E-state index in [0.29, 0.717) is 5.78 Å². The van der Waals surface area contributed by atoms with Gasteiger partial charge in [-0.2, -0.15) is 0 Å². The average molecular weight is 213 g/mol. The number of carbonyl (C=O) groups is 1. The van der Waals surface area contributed by atoms with Crippen molar-refractivity contribution in [2.45, 2.75) is 64.8 Å². The SMILES string of the molecule is CCCCCC(=O)C(CC)(CC)N(C)C. The Morgan fingerprint density at radius 3 is 1.93 bits per heavy atom. The van der Waals surface area contributed by atoms with E-state index in [1.165, 1.54) is 12.8 Å². The maximum absolute atomic E-state index is 12.2. The van der Waals surface area contributed by atoms with Gasteiger partial charge in [0.05, 0.1) is 5.54 Å². The summed E-state index contributed by atoms with van der Waals surface area (Å²) in [6.45, 7) is 6.39. The summed E-state index contributed by atoms with van der Waals surface area (Å²) >= 11 is 0. The van der Waals surface area contributed by atoms with Gasteiger partial charge in [-0.25, -0.2) is 0 Å². The van der Waals surface area contributed by atoms with E-state index in [9.17, 15) is 4.79 Å². The van der Waals surface area contributed by atoms with Crippen LogP contribution in [0.4, 0.5) is 0 Å². The highest BCUT2D eigenvalue weighted by atomic mass is 16.1. The van der Waals surface area contributed by atoms with E-state index in [1.807, 2.05) is 14.1 Å². The molecule has 0 atom stereocenters. The molecule has 90 valence electrons. The van der Waals surface area contributed by atoms with E-state index >= 15 is 0 Å². The summed E-state index contributed by atoms with van der Waals surface area (Å²) < 4.78 is 0. The highest BCUT2D eigenvalue weighted by Gasteiger charge is 2.35. The molecule has 0 rings (SSSR count). The number of nitrogens with zero attached hydrogens (tertiary/aromatic N) is 1. The predicted molar refractivity (Wildman–Crippen MR) is 66.1 cm³/mol. The van der Waals surface area contributed by atoms with Gasteiger partial charge < -0.3 is 0 Å². The molecule has 2 nitrogen and oxygen atoms in total. The molecule has 15 heavy (non-hydrogen) atoms. The first-order valence-electron chi connectivity index (χ1n) is 6.25. The number of hydrogen-bond acceptors (Lipinski definition) is 2. The molecule has 0 amide bonds. The van der Waals surface area contributed by atoms with E-state index in [2.05, 4.69) is 25.7 Å². The van der Waals surface area contributed by atoms with Crippen molar-refractivity contribution in [2.75, 3.05) is 14.1 Å². The summed E-state index contributed by atoms with van der Waals surface area (Å²) in [5.74, 6) is 0.422. The molecule has 0 aliphatic carbocycles. The Balaban J connectivity index is 4.41. The molecule has 0 N–H and O–H groups in total. The van der Waals surface area contributed by atoms with Gasteiger partial charge >= 0.3 is 0 Å². The topological polar surface area (TPSA) is 20.3 Å². The van der Waals surface area contributed by atoms with Gasteiger partial charge in [0.1, 0.15) is 0 Å². The minimum atomic E-state index is -0.215. The van der Waals surface area contributed by atoms with Crippen LogP contribution < -0.4 is 0 Å². The van der Waals surface area contributed by atoms with Crippen molar-refractivity contribution in [3.63, 3.8) is 0 Å². The van der Waals surface area contributed by atoms with Crippen LogP contribution in [-0.2, 0) is 4.79 Å². The molecule has 0 spiro atoms. The second kappa shape index (κ2) is 7.00. The van der Waals surface area contributed by atoms with E-state index in [0.717, 1.165) is 25.7 Å². The third-order valence-electron chi connectivity index (χ3n) is 3.55. The van der Waals surface area contributed by atoms with Gasteiger partial charge in [0.25, 0.3) is 0 Å². The second-order valence-electron chi connectivity index (χ2n) is 4.51. The number of Topliss-reactive ketones (excluding diaryl/α,β-unsaturated/α-hetero) is 1. The van der Waals surface area contributed by atoms with Crippen molar-refractivity contribution in [3.05, 3.63) is 0 Å². The normalized spacial score (nSPS) is 12.1. The molecule has 0 aliphatic heterocycles. The third kappa shape index (κ3) is 3.60. The van der Waals surface area contributed by atoms with Crippen LogP contribution in [-0.4, -0.2) is 30.3 Å². The van der Waals surface area contributed by atoms with Crippen molar-refractivity contribution < 1.29 is 4.79 Å². The number of likely N-dealkylation sites (N-methyl/N-ethyl adjacent to an activating group) is 1. The van der Waals surface area contributed by atoms with Crippen LogP contribution in [0.3, 0.4) is 0 Å². The highest BCUT2D eigenvalue weighted by molar-refractivity contribution is 5.88. The number of ketones is 1. The standard InChI is InChI=1S/C13H27NO/c1-6-9-10-11-12(15)13(7-2,8-3)14(4)5/h6-11H2,1-5H3. The number of rotatable bonds is 8. The van der Waals surface area contributed by atoms with Crippen molar-refractivity contribution in [2.24, 2.45) is 0 Å². The first-order chi connectivity index (χ1) is 7.05. The number of unbranched alkanes of at least 4 members (excludes halogenated alkanes) is 2. The molecule has 0 aromatic carbocycles. The monoisotopic (exact) mass is 213 g/mol. The quantitative estimate of drug-likeness (QED) is 0.577. The number of carbonyl (C=O) groups excluding carboxylic acids is 1. The molecule has 0 aliphatic rings. The summed E-state index contributed by atoms with van der Waals surface area (Å²) in [4.78, 5) is 14.3. The summed E-state index contributed by atoms with van der Waals surface area (Å²) in [5.41, 5.74) is -0.215. The average Bonchev–Trinajstić information content (AvgIpc) is 2.20. The Labute approximate surface area is 95.0 Å². The Kier molecular flexibility index (Phi) is 6.82. The Hall–Kier alpha value is -0.370. The van der Waals surface area contributed by atoms with Crippen molar-refractivity contribution in [1.29, 1.82) is 0 Å². The molecule has 0 saturated carbocycles. The summed E-state index contributed by atoms with van der Waals surface area (Å²) in [6.07, 6.45) is 5.98. The molecule has 0 unspecified atom stereocenters. The fraction of sp³-hybridized carbons (Fsp3) is 0.923. The fourth-order valence-corrected chi connectivity index (χ4v) is 2.29. The highest BCUT2D eigenvalue weighted by Crippen LogP contribution is 2.25. The zero-order valence-corrected chi connectivity index (χ0v) is 11.1. The Morgan fingerprint density at radius 2 is 1.60 bits per heavy atom.